The first kappa shape index (κ1) is 9.05. The zero-order valence-electron chi connectivity index (χ0n) is 6.22. The standard InChI is InChI=1S/C6H12IN3O/c7-5-4-9-2-1-3-10(5)6(8)11/h5,9H,1-4H2,(H2,8,11). The van der Waals surface area contributed by atoms with Crippen molar-refractivity contribution in [3.63, 3.8) is 0 Å². The quantitative estimate of drug-likeness (QED) is 0.373. The first-order valence-corrected chi connectivity index (χ1v) is 4.87. The molecular weight excluding hydrogens is 257 g/mol. The van der Waals surface area contributed by atoms with Crippen molar-refractivity contribution in [2.24, 2.45) is 5.73 Å². The lowest BCUT2D eigenvalue weighted by molar-refractivity contribution is 0.208. The van der Waals surface area contributed by atoms with Gasteiger partial charge in [-0.25, -0.2) is 4.79 Å². The molecule has 1 aliphatic heterocycles. The van der Waals surface area contributed by atoms with E-state index >= 15 is 0 Å². The molecule has 3 N–H and O–H groups in total. The van der Waals surface area contributed by atoms with E-state index in [1.54, 1.807) is 4.90 Å². The van der Waals surface area contributed by atoms with Crippen molar-refractivity contribution < 1.29 is 4.79 Å². The van der Waals surface area contributed by atoms with Crippen LogP contribution >= 0.6 is 22.6 Å². The lowest BCUT2D eigenvalue weighted by Gasteiger charge is -2.22. The van der Waals surface area contributed by atoms with Crippen molar-refractivity contribution in [2.75, 3.05) is 19.6 Å². The summed E-state index contributed by atoms with van der Waals surface area (Å²) < 4.78 is 0.201. The van der Waals surface area contributed by atoms with Crippen LogP contribution in [-0.4, -0.2) is 34.6 Å². The summed E-state index contributed by atoms with van der Waals surface area (Å²) in [6.45, 7) is 2.59. The number of halogens is 1. The summed E-state index contributed by atoms with van der Waals surface area (Å²) in [5.74, 6) is 0. The van der Waals surface area contributed by atoms with Gasteiger partial charge in [-0.1, -0.05) is 22.6 Å². The highest BCUT2D eigenvalue weighted by molar-refractivity contribution is 14.1. The number of nitrogens with zero attached hydrogens (tertiary/aromatic N) is 1. The summed E-state index contributed by atoms with van der Waals surface area (Å²) in [5, 5.41) is 3.22. The van der Waals surface area contributed by atoms with E-state index in [0.29, 0.717) is 0 Å². The minimum absolute atomic E-state index is 0.201. The minimum Gasteiger partial charge on any atom is -0.351 e. The Bertz CT molecular complexity index is 153. The third-order valence-electron chi connectivity index (χ3n) is 1.69. The molecular formula is C6H12IN3O. The molecule has 1 atom stereocenters. The Balaban J connectivity index is 2.52. The summed E-state index contributed by atoms with van der Waals surface area (Å²) in [7, 11) is 0. The monoisotopic (exact) mass is 269 g/mol. The number of urea groups is 1. The topological polar surface area (TPSA) is 58.4 Å². The first-order valence-electron chi connectivity index (χ1n) is 3.62. The Hall–Kier alpha value is -0.0400. The maximum Gasteiger partial charge on any atom is 0.315 e. The number of amides is 2. The van der Waals surface area contributed by atoms with Gasteiger partial charge in [0.1, 0.15) is 0 Å². The molecule has 1 heterocycles. The molecule has 0 aromatic carbocycles. The van der Waals surface area contributed by atoms with Gasteiger partial charge in [0.2, 0.25) is 0 Å². The minimum atomic E-state index is -0.312. The summed E-state index contributed by atoms with van der Waals surface area (Å²) in [6, 6.07) is -0.312. The SMILES string of the molecule is NC(=O)N1CCCNCC1I. The smallest absolute Gasteiger partial charge is 0.315 e. The molecule has 1 aliphatic rings. The lowest BCUT2D eigenvalue weighted by Crippen LogP contribution is -2.42. The van der Waals surface area contributed by atoms with Crippen LogP contribution < -0.4 is 11.1 Å². The van der Waals surface area contributed by atoms with Crippen LogP contribution in [0.4, 0.5) is 4.79 Å². The Morgan fingerprint density at radius 2 is 2.45 bits per heavy atom. The van der Waals surface area contributed by atoms with E-state index in [0.717, 1.165) is 26.1 Å². The van der Waals surface area contributed by atoms with Gasteiger partial charge in [0, 0.05) is 13.1 Å². The number of alkyl halides is 1. The highest BCUT2D eigenvalue weighted by Crippen LogP contribution is 2.09. The number of nitrogens with two attached hydrogens (primary N) is 1. The Morgan fingerprint density at radius 3 is 3.09 bits per heavy atom. The van der Waals surface area contributed by atoms with Crippen LogP contribution in [0.2, 0.25) is 0 Å². The van der Waals surface area contributed by atoms with Gasteiger partial charge in [0.05, 0.1) is 4.05 Å². The molecule has 1 unspecified atom stereocenters. The molecule has 1 fully saturated rings. The highest BCUT2D eigenvalue weighted by atomic mass is 127. The van der Waals surface area contributed by atoms with E-state index in [-0.39, 0.29) is 10.1 Å². The number of hydrogen-bond donors (Lipinski definition) is 2. The summed E-state index contributed by atoms with van der Waals surface area (Å²) in [6.07, 6.45) is 0.989. The molecule has 0 saturated carbocycles. The number of carbonyl (C=O) groups excluding carboxylic acids is 1. The molecule has 0 bridgehead atoms. The predicted octanol–water partition coefficient (Wildman–Crippen LogP) is 0.121. The lowest BCUT2D eigenvalue weighted by atomic mass is 10.4. The Kier molecular flexibility index (Phi) is 3.38. The molecule has 0 spiro atoms. The fraction of sp³-hybridized carbons (Fsp3) is 0.833. The average Bonchev–Trinajstić information content (AvgIpc) is 2.13. The van der Waals surface area contributed by atoms with Crippen molar-refractivity contribution in [1.82, 2.24) is 10.2 Å². The van der Waals surface area contributed by atoms with Gasteiger partial charge in [0.15, 0.2) is 0 Å². The molecule has 0 radical (unpaired) electrons. The molecule has 0 aliphatic carbocycles. The second kappa shape index (κ2) is 4.10. The van der Waals surface area contributed by atoms with Crippen LogP contribution in [0.3, 0.4) is 0 Å². The average molecular weight is 269 g/mol. The highest BCUT2D eigenvalue weighted by Gasteiger charge is 2.20. The van der Waals surface area contributed by atoms with E-state index in [1.807, 2.05) is 0 Å². The van der Waals surface area contributed by atoms with Gasteiger partial charge in [-0.2, -0.15) is 0 Å². The van der Waals surface area contributed by atoms with Crippen LogP contribution in [-0.2, 0) is 0 Å². The number of primary amides is 1. The number of carbonyl (C=O) groups is 1. The van der Waals surface area contributed by atoms with E-state index in [2.05, 4.69) is 27.9 Å². The zero-order chi connectivity index (χ0) is 8.27. The molecule has 0 aromatic heterocycles. The van der Waals surface area contributed by atoms with Crippen molar-refractivity contribution in [3.05, 3.63) is 0 Å². The molecule has 5 heteroatoms. The fourth-order valence-electron chi connectivity index (χ4n) is 1.09. The molecule has 0 aromatic rings. The second-order valence-corrected chi connectivity index (χ2v) is 3.96. The van der Waals surface area contributed by atoms with Crippen molar-refractivity contribution in [1.29, 1.82) is 0 Å². The van der Waals surface area contributed by atoms with E-state index < -0.39 is 0 Å². The van der Waals surface area contributed by atoms with Crippen LogP contribution in [0.5, 0.6) is 0 Å². The fourth-order valence-corrected chi connectivity index (χ4v) is 1.96. The Morgan fingerprint density at radius 1 is 1.73 bits per heavy atom. The molecule has 4 nitrogen and oxygen atoms in total. The van der Waals surface area contributed by atoms with Crippen LogP contribution in [0.1, 0.15) is 6.42 Å². The third-order valence-corrected chi connectivity index (χ3v) is 2.80. The van der Waals surface area contributed by atoms with Crippen LogP contribution in [0.15, 0.2) is 0 Å². The number of hydrogen-bond acceptors (Lipinski definition) is 2. The normalized spacial score (nSPS) is 26.3. The van der Waals surface area contributed by atoms with Crippen LogP contribution in [0.25, 0.3) is 0 Å². The molecule has 1 rings (SSSR count). The van der Waals surface area contributed by atoms with E-state index in [9.17, 15) is 4.79 Å². The first-order chi connectivity index (χ1) is 5.22. The molecule has 2 amide bonds. The van der Waals surface area contributed by atoms with Gasteiger partial charge in [-0.15, -0.1) is 0 Å². The van der Waals surface area contributed by atoms with Gasteiger partial charge in [0.25, 0.3) is 0 Å². The van der Waals surface area contributed by atoms with Crippen LogP contribution in [0, 0.1) is 0 Å². The number of nitrogens with one attached hydrogen (secondary N) is 1. The van der Waals surface area contributed by atoms with Gasteiger partial charge in [-0.05, 0) is 13.0 Å². The largest absolute Gasteiger partial charge is 0.351 e. The Labute approximate surface area is 79.6 Å². The number of rotatable bonds is 0. The maximum atomic E-state index is 10.8. The van der Waals surface area contributed by atoms with Gasteiger partial charge >= 0.3 is 6.03 Å². The van der Waals surface area contributed by atoms with Gasteiger partial charge in [-0.3, -0.25) is 0 Å². The molecule has 1 saturated heterocycles. The molecule has 64 valence electrons. The molecule has 11 heavy (non-hydrogen) atoms. The maximum absolute atomic E-state index is 10.8. The zero-order valence-corrected chi connectivity index (χ0v) is 8.37. The van der Waals surface area contributed by atoms with Gasteiger partial charge < -0.3 is 16.0 Å². The summed E-state index contributed by atoms with van der Waals surface area (Å²) >= 11 is 2.22. The van der Waals surface area contributed by atoms with E-state index in [4.69, 9.17) is 5.73 Å². The summed E-state index contributed by atoms with van der Waals surface area (Å²) in [5.41, 5.74) is 5.18. The van der Waals surface area contributed by atoms with Crippen molar-refractivity contribution >= 4 is 28.6 Å². The van der Waals surface area contributed by atoms with E-state index in [1.165, 1.54) is 0 Å². The third kappa shape index (κ3) is 2.48. The summed E-state index contributed by atoms with van der Waals surface area (Å²) in [4.78, 5) is 12.5. The van der Waals surface area contributed by atoms with Crippen molar-refractivity contribution in [2.45, 2.75) is 10.5 Å². The van der Waals surface area contributed by atoms with Crippen molar-refractivity contribution in [3.8, 4) is 0 Å². The predicted molar refractivity (Wildman–Crippen MR) is 51.6 cm³/mol. The second-order valence-electron chi connectivity index (χ2n) is 2.52.